The number of thiophene rings is 1. The molecule has 0 bridgehead atoms. The van der Waals surface area contributed by atoms with Crippen molar-refractivity contribution in [1.29, 1.82) is 0 Å². The van der Waals surface area contributed by atoms with Gasteiger partial charge in [0.1, 0.15) is 0 Å². The fourth-order valence-corrected chi connectivity index (χ4v) is 3.35. The van der Waals surface area contributed by atoms with Crippen LogP contribution in [-0.2, 0) is 6.42 Å². The number of carbonyl (C=O) groups excluding carboxylic acids is 1. The van der Waals surface area contributed by atoms with Crippen LogP contribution in [0.15, 0.2) is 34.4 Å². The quantitative estimate of drug-likeness (QED) is 0.784. The van der Waals surface area contributed by atoms with Gasteiger partial charge in [0.15, 0.2) is 0 Å². The number of nitrogens with zero attached hydrogens (tertiary/aromatic N) is 1. The van der Waals surface area contributed by atoms with Gasteiger partial charge in [0, 0.05) is 30.4 Å². The van der Waals surface area contributed by atoms with Crippen LogP contribution >= 0.6 is 27.3 Å². The van der Waals surface area contributed by atoms with Crippen LogP contribution < -0.4 is 10.6 Å². The Hall–Kier alpha value is -1.40. The lowest BCUT2D eigenvalue weighted by molar-refractivity contribution is 0.0954. The first-order valence-electron chi connectivity index (χ1n) is 6.91. The van der Waals surface area contributed by atoms with E-state index in [1.54, 1.807) is 23.7 Å². The molecule has 2 N–H and O–H groups in total. The van der Waals surface area contributed by atoms with Gasteiger partial charge in [-0.2, -0.15) is 0 Å². The summed E-state index contributed by atoms with van der Waals surface area (Å²) in [7, 11) is 0. The van der Waals surface area contributed by atoms with Gasteiger partial charge in [-0.1, -0.05) is 6.92 Å². The summed E-state index contributed by atoms with van der Waals surface area (Å²) >= 11 is 5.13. The molecule has 21 heavy (non-hydrogen) atoms. The molecule has 1 amide bonds. The Balaban J connectivity index is 1.90. The Labute approximate surface area is 137 Å². The molecule has 0 aliphatic rings. The molecule has 112 valence electrons. The summed E-state index contributed by atoms with van der Waals surface area (Å²) in [4.78, 5) is 17.5. The standard InChI is InChI=1S/C15H18BrN3OS/c1-2-7-18-13-6-8-17-10-12(13)15(20)19-9-5-11-3-4-14(16)21-11/h3-4,6,8,10H,2,5,7,9H2,1H3,(H,17,18)(H,19,20). The van der Waals surface area contributed by atoms with Gasteiger partial charge in [-0.15, -0.1) is 11.3 Å². The Morgan fingerprint density at radius 2 is 2.19 bits per heavy atom. The van der Waals surface area contributed by atoms with Crippen molar-refractivity contribution in [3.05, 3.63) is 44.8 Å². The SMILES string of the molecule is CCCNc1ccncc1C(=O)NCCc1ccc(Br)s1. The lowest BCUT2D eigenvalue weighted by Crippen LogP contribution is -2.26. The molecule has 6 heteroatoms. The lowest BCUT2D eigenvalue weighted by Gasteiger charge is -2.10. The summed E-state index contributed by atoms with van der Waals surface area (Å²) in [5.74, 6) is -0.0858. The second-order valence-corrected chi connectivity index (χ2v) is 7.11. The van der Waals surface area contributed by atoms with Crippen LogP contribution in [0.4, 0.5) is 5.69 Å². The first kappa shape index (κ1) is 16.0. The third-order valence-electron chi connectivity index (χ3n) is 2.92. The molecule has 2 aromatic rings. The van der Waals surface area contributed by atoms with E-state index in [-0.39, 0.29) is 5.91 Å². The number of hydrogen-bond donors (Lipinski definition) is 2. The number of amides is 1. The van der Waals surface area contributed by atoms with Crippen LogP contribution in [0.3, 0.4) is 0 Å². The number of rotatable bonds is 7. The second-order valence-electron chi connectivity index (χ2n) is 4.56. The third kappa shape index (κ3) is 4.82. The Morgan fingerprint density at radius 1 is 1.33 bits per heavy atom. The minimum atomic E-state index is -0.0858. The Bertz CT molecular complexity index is 600. The fraction of sp³-hybridized carbons (Fsp3) is 0.333. The highest BCUT2D eigenvalue weighted by Crippen LogP contribution is 2.22. The number of carbonyl (C=O) groups is 1. The van der Waals surface area contributed by atoms with Crippen LogP contribution in [0.2, 0.25) is 0 Å². The average Bonchev–Trinajstić information content (AvgIpc) is 2.91. The van der Waals surface area contributed by atoms with Crippen molar-refractivity contribution in [2.24, 2.45) is 0 Å². The number of pyridine rings is 1. The Morgan fingerprint density at radius 3 is 2.90 bits per heavy atom. The molecule has 0 saturated carbocycles. The van der Waals surface area contributed by atoms with Crippen LogP contribution in [0.5, 0.6) is 0 Å². The van der Waals surface area contributed by atoms with E-state index in [9.17, 15) is 4.79 Å². The molecule has 0 aromatic carbocycles. The molecule has 0 radical (unpaired) electrons. The molecule has 0 aliphatic heterocycles. The van der Waals surface area contributed by atoms with Crippen LogP contribution in [0.1, 0.15) is 28.6 Å². The minimum Gasteiger partial charge on any atom is -0.384 e. The molecule has 0 saturated heterocycles. The molecule has 2 rings (SSSR count). The van der Waals surface area contributed by atoms with Gasteiger partial charge in [0.05, 0.1) is 15.0 Å². The number of halogens is 1. The number of aromatic nitrogens is 1. The van der Waals surface area contributed by atoms with Gasteiger partial charge in [-0.05, 0) is 47.0 Å². The maximum atomic E-state index is 12.2. The molecule has 0 spiro atoms. The van der Waals surface area contributed by atoms with Crippen molar-refractivity contribution < 1.29 is 4.79 Å². The molecule has 0 atom stereocenters. The van der Waals surface area contributed by atoms with Crippen LogP contribution in [-0.4, -0.2) is 24.0 Å². The van der Waals surface area contributed by atoms with Gasteiger partial charge in [0.2, 0.25) is 0 Å². The van der Waals surface area contributed by atoms with Gasteiger partial charge < -0.3 is 10.6 Å². The molecule has 0 unspecified atom stereocenters. The van der Waals surface area contributed by atoms with Crippen molar-refractivity contribution >= 4 is 38.9 Å². The van der Waals surface area contributed by atoms with Crippen molar-refractivity contribution in [3.63, 3.8) is 0 Å². The Kier molecular flexibility index (Phi) is 6.20. The first-order chi connectivity index (χ1) is 10.2. The molecule has 2 heterocycles. The smallest absolute Gasteiger partial charge is 0.254 e. The third-order valence-corrected chi connectivity index (χ3v) is 4.60. The van der Waals surface area contributed by atoms with Crippen molar-refractivity contribution in [3.8, 4) is 0 Å². The topological polar surface area (TPSA) is 54.0 Å². The zero-order valence-corrected chi connectivity index (χ0v) is 14.3. The molecule has 0 aliphatic carbocycles. The first-order valence-corrected chi connectivity index (χ1v) is 8.52. The number of anilines is 1. The summed E-state index contributed by atoms with van der Waals surface area (Å²) in [6, 6.07) is 5.93. The van der Waals surface area contributed by atoms with Gasteiger partial charge >= 0.3 is 0 Å². The fourth-order valence-electron chi connectivity index (χ4n) is 1.87. The largest absolute Gasteiger partial charge is 0.384 e. The van der Waals surface area contributed by atoms with E-state index in [2.05, 4.69) is 44.5 Å². The molecular formula is C15H18BrN3OS. The zero-order chi connectivity index (χ0) is 15.1. The van der Waals surface area contributed by atoms with E-state index >= 15 is 0 Å². The normalized spacial score (nSPS) is 10.4. The van der Waals surface area contributed by atoms with E-state index < -0.39 is 0 Å². The zero-order valence-electron chi connectivity index (χ0n) is 11.9. The summed E-state index contributed by atoms with van der Waals surface area (Å²) in [6.07, 6.45) is 5.14. The summed E-state index contributed by atoms with van der Waals surface area (Å²) < 4.78 is 1.11. The summed E-state index contributed by atoms with van der Waals surface area (Å²) in [5, 5.41) is 6.20. The lowest BCUT2D eigenvalue weighted by atomic mass is 10.2. The highest BCUT2D eigenvalue weighted by Gasteiger charge is 2.10. The maximum Gasteiger partial charge on any atom is 0.254 e. The van der Waals surface area contributed by atoms with Gasteiger partial charge in [-0.25, -0.2) is 0 Å². The van der Waals surface area contributed by atoms with E-state index in [1.165, 1.54) is 4.88 Å². The number of hydrogen-bond acceptors (Lipinski definition) is 4. The predicted molar refractivity (Wildman–Crippen MR) is 91.1 cm³/mol. The molecule has 4 nitrogen and oxygen atoms in total. The van der Waals surface area contributed by atoms with Crippen LogP contribution in [0, 0.1) is 0 Å². The molecular weight excluding hydrogens is 350 g/mol. The summed E-state index contributed by atoms with van der Waals surface area (Å²) in [5.41, 5.74) is 1.43. The van der Waals surface area contributed by atoms with E-state index in [0.29, 0.717) is 12.1 Å². The predicted octanol–water partition coefficient (Wildman–Crippen LogP) is 3.70. The minimum absolute atomic E-state index is 0.0858. The van der Waals surface area contributed by atoms with Crippen molar-refractivity contribution in [1.82, 2.24) is 10.3 Å². The average molecular weight is 368 g/mol. The highest BCUT2D eigenvalue weighted by atomic mass is 79.9. The highest BCUT2D eigenvalue weighted by molar-refractivity contribution is 9.11. The maximum absolute atomic E-state index is 12.2. The van der Waals surface area contributed by atoms with E-state index in [1.807, 2.05) is 12.1 Å². The van der Waals surface area contributed by atoms with Crippen molar-refractivity contribution in [2.75, 3.05) is 18.4 Å². The molecule has 0 fully saturated rings. The van der Waals surface area contributed by atoms with Crippen molar-refractivity contribution in [2.45, 2.75) is 19.8 Å². The number of nitrogens with one attached hydrogen (secondary N) is 2. The monoisotopic (exact) mass is 367 g/mol. The second kappa shape index (κ2) is 8.14. The van der Waals surface area contributed by atoms with Crippen LogP contribution in [0.25, 0.3) is 0 Å². The van der Waals surface area contributed by atoms with E-state index in [0.717, 1.165) is 28.9 Å². The molecule has 2 aromatic heterocycles. The van der Waals surface area contributed by atoms with E-state index in [4.69, 9.17) is 0 Å². The van der Waals surface area contributed by atoms with Gasteiger partial charge in [-0.3, -0.25) is 9.78 Å². The summed E-state index contributed by atoms with van der Waals surface area (Å²) in [6.45, 7) is 3.55. The van der Waals surface area contributed by atoms with Gasteiger partial charge in [0.25, 0.3) is 5.91 Å².